The van der Waals surface area contributed by atoms with Crippen molar-refractivity contribution >= 4 is 22.8 Å². The summed E-state index contributed by atoms with van der Waals surface area (Å²) in [5.74, 6) is -0.550. The fourth-order valence-corrected chi connectivity index (χ4v) is 2.40. The number of amides is 2. The molecule has 7 heteroatoms. The Balaban J connectivity index is 1.73. The second-order valence-corrected chi connectivity index (χ2v) is 4.83. The van der Waals surface area contributed by atoms with E-state index in [-0.39, 0.29) is 5.69 Å². The highest BCUT2D eigenvalue weighted by molar-refractivity contribution is 5.99. The first kappa shape index (κ1) is 12.9. The lowest BCUT2D eigenvalue weighted by Crippen LogP contribution is -2.46. The van der Waals surface area contributed by atoms with E-state index >= 15 is 0 Å². The lowest BCUT2D eigenvalue weighted by Gasteiger charge is -2.26. The normalized spacial score (nSPS) is 16.2. The number of urea groups is 1. The van der Waals surface area contributed by atoms with Gasteiger partial charge in [-0.3, -0.25) is 5.43 Å². The largest absolute Gasteiger partial charge is 0.346 e. The SMILES string of the molecule is O=C(Nc1c(F)cnc2[nH]ccc12)NN1CCCCC1. The molecule has 1 fully saturated rings. The number of hydrazine groups is 1. The van der Waals surface area contributed by atoms with Crippen molar-refractivity contribution < 1.29 is 9.18 Å². The molecule has 0 aliphatic carbocycles. The van der Waals surface area contributed by atoms with Crippen LogP contribution in [0.4, 0.5) is 14.9 Å². The number of aromatic amines is 1. The van der Waals surface area contributed by atoms with Crippen molar-refractivity contribution in [3.05, 3.63) is 24.3 Å². The van der Waals surface area contributed by atoms with Crippen molar-refractivity contribution in [1.82, 2.24) is 20.4 Å². The summed E-state index contributed by atoms with van der Waals surface area (Å²) >= 11 is 0. The molecule has 1 aliphatic rings. The number of carbonyl (C=O) groups is 1. The third kappa shape index (κ3) is 2.57. The maximum Gasteiger partial charge on any atom is 0.333 e. The highest BCUT2D eigenvalue weighted by Gasteiger charge is 2.16. The number of halogens is 1. The predicted octanol–water partition coefficient (Wildman–Crippen LogP) is 2.22. The summed E-state index contributed by atoms with van der Waals surface area (Å²) in [6, 6.07) is 1.25. The highest BCUT2D eigenvalue weighted by Crippen LogP contribution is 2.23. The van der Waals surface area contributed by atoms with Crippen LogP contribution in [0.3, 0.4) is 0 Å². The molecular weight excluding hydrogens is 261 g/mol. The van der Waals surface area contributed by atoms with Crippen molar-refractivity contribution in [1.29, 1.82) is 0 Å². The molecule has 3 heterocycles. The van der Waals surface area contributed by atoms with Gasteiger partial charge in [0.2, 0.25) is 0 Å². The van der Waals surface area contributed by atoms with Gasteiger partial charge in [0.15, 0.2) is 5.82 Å². The molecule has 3 N–H and O–H groups in total. The molecule has 2 aromatic heterocycles. The molecule has 1 aliphatic heterocycles. The lowest BCUT2D eigenvalue weighted by molar-refractivity contribution is 0.162. The Bertz CT molecular complexity index is 620. The van der Waals surface area contributed by atoms with E-state index in [0.717, 1.165) is 32.1 Å². The maximum atomic E-state index is 13.8. The minimum absolute atomic E-state index is 0.144. The lowest BCUT2D eigenvalue weighted by atomic mass is 10.2. The van der Waals surface area contributed by atoms with E-state index in [2.05, 4.69) is 20.7 Å². The predicted molar refractivity (Wildman–Crippen MR) is 73.6 cm³/mol. The van der Waals surface area contributed by atoms with Gasteiger partial charge in [-0.25, -0.2) is 19.2 Å². The molecule has 0 unspecified atom stereocenters. The van der Waals surface area contributed by atoms with Crippen LogP contribution < -0.4 is 10.7 Å². The Morgan fingerprint density at radius 2 is 2.15 bits per heavy atom. The van der Waals surface area contributed by atoms with Crippen molar-refractivity contribution in [2.45, 2.75) is 19.3 Å². The van der Waals surface area contributed by atoms with Gasteiger partial charge >= 0.3 is 6.03 Å². The molecule has 0 bridgehead atoms. The Morgan fingerprint density at radius 3 is 2.95 bits per heavy atom. The minimum Gasteiger partial charge on any atom is -0.346 e. The van der Waals surface area contributed by atoms with Crippen LogP contribution >= 0.6 is 0 Å². The summed E-state index contributed by atoms with van der Waals surface area (Å²) < 4.78 is 13.8. The topological polar surface area (TPSA) is 73.0 Å². The quantitative estimate of drug-likeness (QED) is 0.788. The third-order valence-corrected chi connectivity index (χ3v) is 3.39. The Hall–Kier alpha value is -2.15. The van der Waals surface area contributed by atoms with Crippen LogP contribution in [-0.2, 0) is 0 Å². The second-order valence-electron chi connectivity index (χ2n) is 4.83. The first-order valence-corrected chi connectivity index (χ1v) is 6.68. The molecule has 2 amide bonds. The summed E-state index contributed by atoms with van der Waals surface area (Å²) in [5.41, 5.74) is 3.42. The van der Waals surface area contributed by atoms with Gasteiger partial charge < -0.3 is 10.3 Å². The number of nitrogens with zero attached hydrogens (tertiary/aromatic N) is 2. The van der Waals surface area contributed by atoms with E-state index in [1.54, 1.807) is 12.3 Å². The monoisotopic (exact) mass is 277 g/mol. The fraction of sp³-hybridized carbons (Fsp3) is 0.385. The summed E-state index contributed by atoms with van der Waals surface area (Å²) in [7, 11) is 0. The Labute approximate surface area is 115 Å². The number of piperidine rings is 1. The van der Waals surface area contributed by atoms with Gasteiger partial charge in [-0.05, 0) is 18.9 Å². The summed E-state index contributed by atoms with van der Waals surface area (Å²) in [4.78, 5) is 18.7. The summed E-state index contributed by atoms with van der Waals surface area (Å²) in [6.45, 7) is 1.65. The van der Waals surface area contributed by atoms with Crippen LogP contribution in [0.2, 0.25) is 0 Å². The second kappa shape index (κ2) is 5.46. The number of nitrogens with one attached hydrogen (secondary N) is 3. The van der Waals surface area contributed by atoms with Crippen LogP contribution in [0.5, 0.6) is 0 Å². The molecule has 3 rings (SSSR count). The minimum atomic E-state index is -0.550. The zero-order valence-electron chi connectivity index (χ0n) is 10.9. The number of hydrogen-bond donors (Lipinski definition) is 3. The van der Waals surface area contributed by atoms with Gasteiger partial charge in [0, 0.05) is 24.7 Å². The molecule has 106 valence electrons. The van der Waals surface area contributed by atoms with Crippen molar-refractivity contribution in [3.63, 3.8) is 0 Å². The van der Waals surface area contributed by atoms with E-state index < -0.39 is 11.8 Å². The molecule has 1 saturated heterocycles. The number of anilines is 1. The van der Waals surface area contributed by atoms with E-state index in [1.165, 1.54) is 6.42 Å². The third-order valence-electron chi connectivity index (χ3n) is 3.39. The van der Waals surface area contributed by atoms with Gasteiger partial charge in [0.05, 0.1) is 11.9 Å². The van der Waals surface area contributed by atoms with Crippen LogP contribution in [-0.4, -0.2) is 34.1 Å². The first-order valence-electron chi connectivity index (χ1n) is 6.68. The standard InChI is InChI=1S/C13H16FN5O/c14-10-8-16-12-9(4-5-15-12)11(10)17-13(20)18-19-6-2-1-3-7-19/h4-5,8H,1-3,6-7H2,(H3,15,16,17,18,20). The number of pyridine rings is 1. The van der Waals surface area contributed by atoms with Crippen LogP contribution in [0.1, 0.15) is 19.3 Å². The molecular formula is C13H16FN5O. The molecule has 6 nitrogen and oxygen atoms in total. The van der Waals surface area contributed by atoms with Crippen LogP contribution in [0.15, 0.2) is 18.5 Å². The smallest absolute Gasteiger partial charge is 0.333 e. The molecule has 0 aromatic carbocycles. The van der Waals surface area contributed by atoms with Gasteiger partial charge in [0.25, 0.3) is 0 Å². The highest BCUT2D eigenvalue weighted by atomic mass is 19.1. The molecule has 0 atom stereocenters. The van der Waals surface area contributed by atoms with Crippen LogP contribution in [0.25, 0.3) is 11.0 Å². The summed E-state index contributed by atoms with van der Waals surface area (Å²) in [5, 5.41) is 4.97. The fourth-order valence-electron chi connectivity index (χ4n) is 2.40. The van der Waals surface area contributed by atoms with Crippen molar-refractivity contribution in [2.24, 2.45) is 0 Å². The van der Waals surface area contributed by atoms with Crippen molar-refractivity contribution in [2.75, 3.05) is 18.4 Å². The molecule has 20 heavy (non-hydrogen) atoms. The van der Waals surface area contributed by atoms with Crippen molar-refractivity contribution in [3.8, 4) is 0 Å². The number of carbonyl (C=O) groups excluding carboxylic acids is 1. The number of rotatable bonds is 2. The van der Waals surface area contributed by atoms with Gasteiger partial charge in [-0.1, -0.05) is 6.42 Å². The van der Waals surface area contributed by atoms with E-state index in [9.17, 15) is 9.18 Å². The van der Waals surface area contributed by atoms with Gasteiger partial charge in [0.1, 0.15) is 5.65 Å². The number of H-pyrrole nitrogens is 1. The number of aromatic nitrogens is 2. The Kier molecular flexibility index (Phi) is 3.51. The Morgan fingerprint density at radius 1 is 1.35 bits per heavy atom. The molecule has 0 saturated carbocycles. The number of hydrogen-bond acceptors (Lipinski definition) is 3. The average Bonchev–Trinajstić information content (AvgIpc) is 2.92. The zero-order chi connectivity index (χ0) is 13.9. The molecule has 0 spiro atoms. The molecule has 0 radical (unpaired) electrons. The van der Waals surface area contributed by atoms with Gasteiger partial charge in [-0.15, -0.1) is 0 Å². The maximum absolute atomic E-state index is 13.8. The van der Waals surface area contributed by atoms with Crippen LogP contribution in [0, 0.1) is 5.82 Å². The average molecular weight is 277 g/mol. The number of fused-ring (bicyclic) bond motifs is 1. The van der Waals surface area contributed by atoms with E-state index in [0.29, 0.717) is 11.0 Å². The molecule has 2 aromatic rings. The summed E-state index contributed by atoms with van der Waals surface area (Å²) in [6.07, 6.45) is 6.06. The van der Waals surface area contributed by atoms with Gasteiger partial charge in [-0.2, -0.15) is 0 Å². The zero-order valence-corrected chi connectivity index (χ0v) is 10.9. The van der Waals surface area contributed by atoms with E-state index in [4.69, 9.17) is 0 Å². The van der Waals surface area contributed by atoms with E-state index in [1.807, 2.05) is 5.01 Å². The first-order chi connectivity index (χ1) is 9.74.